The van der Waals surface area contributed by atoms with Gasteiger partial charge in [-0.25, -0.2) is 0 Å². The van der Waals surface area contributed by atoms with Crippen LogP contribution >= 0.6 is 15.9 Å². The molecule has 4 heteroatoms. The predicted octanol–water partition coefficient (Wildman–Crippen LogP) is 4.11. The van der Waals surface area contributed by atoms with Gasteiger partial charge in [0.1, 0.15) is 5.75 Å². The smallest absolute Gasteiger partial charge is 0.231 e. The molecule has 0 spiro atoms. The molecule has 112 valence electrons. The number of fused-ring (bicyclic) bond motifs is 3. The molecule has 2 unspecified atom stereocenters. The average molecular weight is 358 g/mol. The second kappa shape index (κ2) is 5.13. The number of benzene rings is 2. The zero-order valence-electron chi connectivity index (χ0n) is 12.3. The van der Waals surface area contributed by atoms with Crippen LogP contribution in [0.25, 0.3) is 0 Å². The van der Waals surface area contributed by atoms with Gasteiger partial charge in [-0.1, -0.05) is 28.1 Å². The van der Waals surface area contributed by atoms with E-state index in [1.54, 1.807) is 7.11 Å². The number of anilines is 1. The van der Waals surface area contributed by atoms with E-state index in [0.29, 0.717) is 12.5 Å². The highest BCUT2D eigenvalue weighted by Crippen LogP contribution is 2.55. The lowest BCUT2D eigenvalue weighted by Gasteiger charge is -2.29. The number of methoxy groups -OCH3 is 1. The summed E-state index contributed by atoms with van der Waals surface area (Å²) in [5, 5.41) is 0. The first-order valence-corrected chi connectivity index (χ1v) is 8.20. The van der Waals surface area contributed by atoms with Crippen LogP contribution in [-0.2, 0) is 11.3 Å². The van der Waals surface area contributed by atoms with Gasteiger partial charge in [0.2, 0.25) is 5.91 Å². The summed E-state index contributed by atoms with van der Waals surface area (Å²) in [4.78, 5) is 14.6. The Morgan fingerprint density at radius 3 is 2.68 bits per heavy atom. The Morgan fingerprint density at radius 1 is 1.18 bits per heavy atom. The fourth-order valence-corrected chi connectivity index (χ4v) is 3.65. The average Bonchev–Trinajstić information content (AvgIpc) is 3.33. The van der Waals surface area contributed by atoms with E-state index in [0.717, 1.165) is 27.9 Å². The molecule has 3 nitrogen and oxygen atoms in total. The minimum Gasteiger partial charge on any atom is -0.497 e. The SMILES string of the molecule is COc1ccc(CN2C(=O)C3CC3c3cc(Br)ccc32)cc1. The van der Waals surface area contributed by atoms with Crippen LogP contribution < -0.4 is 9.64 Å². The minimum atomic E-state index is 0.181. The Hall–Kier alpha value is -1.81. The molecule has 0 radical (unpaired) electrons. The first-order valence-electron chi connectivity index (χ1n) is 7.41. The maximum atomic E-state index is 12.6. The van der Waals surface area contributed by atoms with Crippen molar-refractivity contribution in [3.63, 3.8) is 0 Å². The largest absolute Gasteiger partial charge is 0.497 e. The Morgan fingerprint density at radius 2 is 1.95 bits per heavy atom. The Kier molecular flexibility index (Phi) is 3.22. The van der Waals surface area contributed by atoms with Crippen LogP contribution in [0.5, 0.6) is 5.75 Å². The normalized spacial score (nSPS) is 22.1. The quantitative estimate of drug-likeness (QED) is 0.827. The third-order valence-electron chi connectivity index (χ3n) is 4.55. The van der Waals surface area contributed by atoms with Crippen molar-refractivity contribution in [1.29, 1.82) is 0 Å². The van der Waals surface area contributed by atoms with Crippen LogP contribution in [0, 0.1) is 5.92 Å². The molecule has 1 fully saturated rings. The number of nitrogens with zero attached hydrogens (tertiary/aromatic N) is 1. The summed E-state index contributed by atoms with van der Waals surface area (Å²) in [6, 6.07) is 14.1. The Balaban J connectivity index is 1.67. The number of rotatable bonds is 3. The number of hydrogen-bond acceptors (Lipinski definition) is 2. The van der Waals surface area contributed by atoms with Crippen LogP contribution in [0.2, 0.25) is 0 Å². The summed E-state index contributed by atoms with van der Waals surface area (Å²) in [5.41, 5.74) is 3.47. The molecule has 4 rings (SSSR count). The van der Waals surface area contributed by atoms with Crippen LogP contribution in [0.1, 0.15) is 23.5 Å². The number of amides is 1. The Bertz CT molecular complexity index is 741. The minimum absolute atomic E-state index is 0.181. The first-order chi connectivity index (χ1) is 10.7. The van der Waals surface area contributed by atoms with Gasteiger partial charge < -0.3 is 9.64 Å². The van der Waals surface area contributed by atoms with Crippen LogP contribution in [-0.4, -0.2) is 13.0 Å². The summed E-state index contributed by atoms with van der Waals surface area (Å²) >= 11 is 3.54. The summed E-state index contributed by atoms with van der Waals surface area (Å²) < 4.78 is 6.27. The van der Waals surface area contributed by atoms with Crippen LogP contribution in [0.4, 0.5) is 5.69 Å². The second-order valence-electron chi connectivity index (χ2n) is 5.92. The molecule has 1 heterocycles. The molecule has 0 N–H and O–H groups in total. The fourth-order valence-electron chi connectivity index (χ4n) is 3.28. The number of carbonyl (C=O) groups is 1. The summed E-state index contributed by atoms with van der Waals surface area (Å²) in [5.74, 6) is 1.70. The molecule has 0 bridgehead atoms. The van der Waals surface area contributed by atoms with Crippen molar-refractivity contribution in [1.82, 2.24) is 0 Å². The number of carbonyl (C=O) groups excluding carboxylic acids is 1. The van der Waals surface area contributed by atoms with Crippen molar-refractivity contribution in [2.75, 3.05) is 12.0 Å². The molecular weight excluding hydrogens is 342 g/mol. The third-order valence-corrected chi connectivity index (χ3v) is 5.05. The van der Waals surface area contributed by atoms with E-state index < -0.39 is 0 Å². The lowest BCUT2D eigenvalue weighted by molar-refractivity contribution is -0.120. The van der Waals surface area contributed by atoms with Gasteiger partial charge in [0.05, 0.1) is 13.7 Å². The van der Waals surface area contributed by atoms with Gasteiger partial charge in [0, 0.05) is 16.1 Å². The zero-order chi connectivity index (χ0) is 15.3. The van der Waals surface area contributed by atoms with E-state index in [1.165, 1.54) is 5.56 Å². The highest BCUT2D eigenvalue weighted by molar-refractivity contribution is 9.10. The number of hydrogen-bond donors (Lipinski definition) is 0. The van der Waals surface area contributed by atoms with Crippen molar-refractivity contribution >= 4 is 27.5 Å². The van der Waals surface area contributed by atoms with Crippen molar-refractivity contribution in [3.05, 3.63) is 58.1 Å². The molecule has 22 heavy (non-hydrogen) atoms. The van der Waals surface area contributed by atoms with Gasteiger partial charge in [-0.3, -0.25) is 4.79 Å². The molecule has 1 aliphatic carbocycles. The maximum absolute atomic E-state index is 12.6. The van der Waals surface area contributed by atoms with Crippen LogP contribution in [0.15, 0.2) is 46.9 Å². The van der Waals surface area contributed by atoms with Gasteiger partial charge in [-0.05, 0) is 53.8 Å². The second-order valence-corrected chi connectivity index (χ2v) is 6.84. The molecule has 1 amide bonds. The topological polar surface area (TPSA) is 29.5 Å². The molecule has 0 aromatic heterocycles. The standard InChI is InChI=1S/C18H16BrNO2/c1-22-13-5-2-11(3-6-13)10-20-17-7-4-12(19)8-15(17)14-9-16(14)18(20)21/h2-8,14,16H,9-10H2,1H3. The third kappa shape index (κ3) is 2.22. The molecule has 0 saturated heterocycles. The molecule has 2 atom stereocenters. The van der Waals surface area contributed by atoms with Crippen molar-refractivity contribution in [2.24, 2.45) is 5.92 Å². The summed E-state index contributed by atoms with van der Waals surface area (Å²) in [6.07, 6.45) is 0.987. The highest BCUT2D eigenvalue weighted by Gasteiger charge is 2.51. The van der Waals surface area contributed by atoms with E-state index >= 15 is 0 Å². The summed E-state index contributed by atoms with van der Waals surface area (Å²) in [6.45, 7) is 0.612. The van der Waals surface area contributed by atoms with Gasteiger partial charge in [0.15, 0.2) is 0 Å². The van der Waals surface area contributed by atoms with Gasteiger partial charge >= 0.3 is 0 Å². The van der Waals surface area contributed by atoms with Crippen molar-refractivity contribution < 1.29 is 9.53 Å². The maximum Gasteiger partial charge on any atom is 0.231 e. The molecular formula is C18H16BrNO2. The first kappa shape index (κ1) is 13.8. The van der Waals surface area contributed by atoms with E-state index in [9.17, 15) is 4.79 Å². The molecule has 2 aromatic rings. The van der Waals surface area contributed by atoms with Crippen LogP contribution in [0.3, 0.4) is 0 Å². The Labute approximate surface area is 138 Å². The van der Waals surface area contributed by atoms with E-state index in [-0.39, 0.29) is 11.8 Å². The molecule has 2 aromatic carbocycles. The molecule has 2 aliphatic rings. The van der Waals surface area contributed by atoms with E-state index in [2.05, 4.69) is 28.1 Å². The van der Waals surface area contributed by atoms with E-state index in [4.69, 9.17) is 4.74 Å². The fraction of sp³-hybridized carbons (Fsp3) is 0.278. The monoisotopic (exact) mass is 357 g/mol. The van der Waals surface area contributed by atoms with Gasteiger partial charge in [-0.15, -0.1) is 0 Å². The van der Waals surface area contributed by atoms with E-state index in [1.807, 2.05) is 35.2 Å². The predicted molar refractivity (Wildman–Crippen MR) is 89.2 cm³/mol. The lowest BCUT2D eigenvalue weighted by atomic mass is 10.0. The highest BCUT2D eigenvalue weighted by atomic mass is 79.9. The van der Waals surface area contributed by atoms with Gasteiger partial charge in [-0.2, -0.15) is 0 Å². The number of ether oxygens (including phenoxy) is 1. The summed E-state index contributed by atoms with van der Waals surface area (Å²) in [7, 11) is 1.66. The zero-order valence-corrected chi connectivity index (χ0v) is 13.8. The lowest BCUT2D eigenvalue weighted by Crippen LogP contribution is -2.35. The molecule has 1 saturated carbocycles. The number of halogens is 1. The van der Waals surface area contributed by atoms with Crippen molar-refractivity contribution in [2.45, 2.75) is 18.9 Å². The molecule has 1 aliphatic heterocycles. The van der Waals surface area contributed by atoms with Crippen molar-refractivity contribution in [3.8, 4) is 5.75 Å². The van der Waals surface area contributed by atoms with Gasteiger partial charge in [0.25, 0.3) is 0 Å².